The minimum atomic E-state index is -1.02. The van der Waals surface area contributed by atoms with Gasteiger partial charge >= 0.3 is 11.9 Å². The van der Waals surface area contributed by atoms with Gasteiger partial charge in [0.05, 0.1) is 12.3 Å². The van der Waals surface area contributed by atoms with E-state index in [-0.39, 0.29) is 41.3 Å². The molecule has 0 aliphatic carbocycles. The molecule has 30 heavy (non-hydrogen) atoms. The van der Waals surface area contributed by atoms with Gasteiger partial charge in [-0.3, -0.25) is 14.4 Å². The summed E-state index contributed by atoms with van der Waals surface area (Å²) in [6, 6.07) is 17.8. The molecule has 1 amide bonds. The number of alkyl halides is 1. The van der Waals surface area contributed by atoms with Crippen LogP contribution < -0.4 is 5.32 Å². The first-order valence-electron chi connectivity index (χ1n) is 9.77. The second-order valence-corrected chi connectivity index (χ2v) is 7.76. The maximum absolute atomic E-state index is 12.2. The number of carboxylic acid groups (broad SMARTS) is 1. The third-order valence-electron chi connectivity index (χ3n) is 4.71. The highest BCUT2D eigenvalue weighted by molar-refractivity contribution is 14.1. The number of hydrogen-bond donors (Lipinski definition) is 2. The summed E-state index contributed by atoms with van der Waals surface area (Å²) in [4.78, 5) is 34.9. The molecule has 2 atom stereocenters. The molecule has 2 rings (SSSR count). The zero-order chi connectivity index (χ0) is 21.9. The van der Waals surface area contributed by atoms with Gasteiger partial charge in [-0.2, -0.15) is 0 Å². The molecule has 2 aromatic carbocycles. The van der Waals surface area contributed by atoms with E-state index in [2.05, 4.69) is 5.32 Å². The van der Waals surface area contributed by atoms with E-state index in [4.69, 9.17) is 9.84 Å². The van der Waals surface area contributed by atoms with Crippen LogP contribution in [0.4, 0.5) is 0 Å². The van der Waals surface area contributed by atoms with E-state index < -0.39 is 5.97 Å². The number of carboxylic acids is 1. The van der Waals surface area contributed by atoms with E-state index >= 15 is 0 Å². The molecule has 0 saturated heterocycles. The summed E-state index contributed by atoms with van der Waals surface area (Å²) in [5.41, 5.74) is 3.24. The molecule has 2 N–H and O–H groups in total. The van der Waals surface area contributed by atoms with Crippen molar-refractivity contribution in [2.45, 2.75) is 38.6 Å². The molecule has 6 nitrogen and oxygen atoms in total. The Morgan fingerprint density at radius 3 is 2.23 bits per heavy atom. The van der Waals surface area contributed by atoms with E-state index in [1.807, 2.05) is 77.2 Å². The van der Waals surface area contributed by atoms with E-state index in [9.17, 15) is 14.4 Å². The molecule has 160 valence electrons. The normalized spacial score (nSPS) is 12.6. The van der Waals surface area contributed by atoms with Crippen LogP contribution in [0, 0.1) is 5.92 Å². The number of carbonyl (C=O) groups is 3. The summed E-state index contributed by atoms with van der Waals surface area (Å²) in [7, 11) is 0. The second kappa shape index (κ2) is 12.3. The lowest BCUT2D eigenvalue weighted by Crippen LogP contribution is -2.39. The molecular formula is C23H26INO5. The van der Waals surface area contributed by atoms with Gasteiger partial charge in [-0.15, -0.1) is 0 Å². The highest BCUT2D eigenvalue weighted by Gasteiger charge is 2.22. The monoisotopic (exact) mass is 523 g/mol. The van der Waals surface area contributed by atoms with E-state index in [1.54, 1.807) is 6.92 Å². The molecule has 2 unspecified atom stereocenters. The van der Waals surface area contributed by atoms with E-state index in [1.165, 1.54) is 0 Å². The quantitative estimate of drug-likeness (QED) is 0.262. The first kappa shape index (κ1) is 23.9. The number of nitrogens with one attached hydrogen (secondary N) is 1. The van der Waals surface area contributed by atoms with Crippen LogP contribution in [0.15, 0.2) is 54.6 Å². The molecule has 0 heterocycles. The summed E-state index contributed by atoms with van der Waals surface area (Å²) < 4.78 is 5.34. The molecular weight excluding hydrogens is 497 g/mol. The summed E-state index contributed by atoms with van der Waals surface area (Å²) in [6.07, 6.45) is 0.632. The Balaban J connectivity index is 2.07. The van der Waals surface area contributed by atoms with Crippen LogP contribution in [0.1, 0.15) is 31.7 Å². The van der Waals surface area contributed by atoms with Crippen LogP contribution in [0.3, 0.4) is 0 Å². The van der Waals surface area contributed by atoms with Gasteiger partial charge < -0.3 is 15.2 Å². The van der Waals surface area contributed by atoms with Crippen molar-refractivity contribution < 1.29 is 24.2 Å². The molecule has 0 spiro atoms. The number of amides is 1. The van der Waals surface area contributed by atoms with Crippen LogP contribution in [0.5, 0.6) is 0 Å². The standard InChI is InChI=1S/C23H26INO5/c1-16(23(29)30-15-24)13-20(25-21(26)11-12-22(27)28)14-17-7-9-19(10-8-17)18-5-3-2-4-6-18/h2-10,16,20H,11-15H2,1H3,(H,25,26)(H,27,28). The Kier molecular flexibility index (Phi) is 9.79. The van der Waals surface area contributed by atoms with Crippen LogP contribution in [-0.4, -0.2) is 33.6 Å². The number of ether oxygens (including phenoxy) is 1. The Morgan fingerprint density at radius 1 is 1.00 bits per heavy atom. The van der Waals surface area contributed by atoms with Crippen LogP contribution in [-0.2, 0) is 25.5 Å². The van der Waals surface area contributed by atoms with Crippen molar-refractivity contribution in [3.8, 4) is 11.1 Å². The maximum atomic E-state index is 12.2. The third-order valence-corrected chi connectivity index (χ3v) is 5.02. The maximum Gasteiger partial charge on any atom is 0.309 e. The van der Waals surface area contributed by atoms with Gasteiger partial charge in [0.15, 0.2) is 0 Å². The summed E-state index contributed by atoms with van der Waals surface area (Å²) in [5, 5.41) is 11.7. The summed E-state index contributed by atoms with van der Waals surface area (Å²) in [6.45, 7) is 1.77. The molecule has 0 saturated carbocycles. The molecule has 0 aliphatic rings. The number of halogens is 1. The van der Waals surface area contributed by atoms with Gasteiger partial charge in [-0.1, -0.05) is 61.5 Å². The number of rotatable bonds is 11. The fourth-order valence-corrected chi connectivity index (χ4v) is 3.49. The lowest BCUT2D eigenvalue weighted by molar-refractivity contribution is -0.145. The van der Waals surface area contributed by atoms with Crippen molar-refractivity contribution in [1.82, 2.24) is 5.32 Å². The molecule has 2 aromatic rings. The zero-order valence-electron chi connectivity index (χ0n) is 16.8. The van der Waals surface area contributed by atoms with Crippen molar-refractivity contribution >= 4 is 40.4 Å². The highest BCUT2D eigenvalue weighted by atomic mass is 127. The van der Waals surface area contributed by atoms with Gasteiger partial charge in [0, 0.05) is 12.5 Å². The first-order chi connectivity index (χ1) is 14.4. The lowest BCUT2D eigenvalue weighted by atomic mass is 9.94. The van der Waals surface area contributed by atoms with Crippen LogP contribution in [0.2, 0.25) is 0 Å². The summed E-state index contributed by atoms with van der Waals surface area (Å²) >= 11 is 1.96. The number of benzene rings is 2. The largest absolute Gasteiger partial charge is 0.481 e. The van der Waals surface area contributed by atoms with Crippen molar-refractivity contribution in [2.24, 2.45) is 5.92 Å². The predicted octanol–water partition coefficient (Wildman–Crippen LogP) is 4.21. The first-order valence-corrected chi connectivity index (χ1v) is 11.3. The molecule has 0 bridgehead atoms. The number of esters is 1. The third kappa shape index (κ3) is 8.14. The van der Waals surface area contributed by atoms with Gasteiger partial charge in [0.25, 0.3) is 0 Å². The van der Waals surface area contributed by atoms with Crippen molar-refractivity contribution in [2.75, 3.05) is 4.61 Å². The molecule has 0 radical (unpaired) electrons. The van der Waals surface area contributed by atoms with Crippen LogP contribution in [0.25, 0.3) is 11.1 Å². The Morgan fingerprint density at radius 2 is 1.63 bits per heavy atom. The smallest absolute Gasteiger partial charge is 0.309 e. The predicted molar refractivity (Wildman–Crippen MR) is 123 cm³/mol. The summed E-state index contributed by atoms with van der Waals surface area (Å²) in [5.74, 6) is -2.04. The SMILES string of the molecule is CC(CC(Cc1ccc(-c2ccccc2)cc1)NC(=O)CCC(=O)O)C(=O)OCI. The number of carbonyl (C=O) groups excluding carboxylic acids is 2. The molecule has 0 aromatic heterocycles. The van der Waals surface area contributed by atoms with E-state index in [0.717, 1.165) is 16.7 Å². The average Bonchev–Trinajstić information content (AvgIpc) is 2.73. The lowest BCUT2D eigenvalue weighted by Gasteiger charge is -2.22. The Hall–Kier alpha value is -2.42. The fraction of sp³-hybridized carbons (Fsp3) is 0.348. The van der Waals surface area contributed by atoms with Crippen LogP contribution >= 0.6 is 22.6 Å². The van der Waals surface area contributed by atoms with Gasteiger partial charge in [-0.25, -0.2) is 0 Å². The topological polar surface area (TPSA) is 92.7 Å². The van der Waals surface area contributed by atoms with Gasteiger partial charge in [-0.05, 0) is 52.1 Å². The number of hydrogen-bond acceptors (Lipinski definition) is 4. The molecule has 0 aliphatic heterocycles. The average molecular weight is 523 g/mol. The van der Waals surface area contributed by atoms with Gasteiger partial charge in [0.1, 0.15) is 4.61 Å². The van der Waals surface area contributed by atoms with Crippen molar-refractivity contribution in [1.29, 1.82) is 0 Å². The Bertz CT molecular complexity index is 838. The Labute approximate surface area is 190 Å². The highest BCUT2D eigenvalue weighted by Crippen LogP contribution is 2.21. The minimum absolute atomic E-state index is 0.0919. The minimum Gasteiger partial charge on any atom is -0.481 e. The molecule has 0 fully saturated rings. The zero-order valence-corrected chi connectivity index (χ0v) is 19.0. The number of aliphatic carboxylic acids is 1. The van der Waals surface area contributed by atoms with Crippen molar-refractivity contribution in [3.63, 3.8) is 0 Å². The fourth-order valence-electron chi connectivity index (χ4n) is 3.18. The van der Waals surface area contributed by atoms with E-state index in [0.29, 0.717) is 12.8 Å². The van der Waals surface area contributed by atoms with Crippen molar-refractivity contribution in [3.05, 3.63) is 60.2 Å². The van der Waals surface area contributed by atoms with Gasteiger partial charge in [0.2, 0.25) is 5.91 Å². The molecule has 7 heteroatoms. The second-order valence-electron chi connectivity index (χ2n) is 7.13.